The Bertz CT molecular complexity index is 371. The van der Waals surface area contributed by atoms with Gasteiger partial charge in [-0.1, -0.05) is 25.7 Å². The summed E-state index contributed by atoms with van der Waals surface area (Å²) < 4.78 is 91.0. The Hall–Kier alpha value is -0.480. The Balaban J connectivity index is 0. The zero-order chi connectivity index (χ0) is 17.9. The van der Waals surface area contributed by atoms with Crippen LogP contribution in [0.15, 0.2) is 0 Å². The molecular weight excluding hydrogens is 333 g/mol. The van der Waals surface area contributed by atoms with Gasteiger partial charge in [-0.05, 0) is 12.8 Å². The van der Waals surface area contributed by atoms with Crippen molar-refractivity contribution in [1.82, 2.24) is 0 Å². The van der Waals surface area contributed by atoms with Crippen LogP contribution in [0.5, 0.6) is 0 Å². The quantitative estimate of drug-likeness (QED) is 0.392. The second-order valence-corrected chi connectivity index (χ2v) is 6.41. The predicted octanol–water partition coefficient (Wildman–Crippen LogP) is 2.62. The lowest BCUT2D eigenvalue weighted by Crippen LogP contribution is -2.74. The molecular formula is C12H24F5NO3S. The number of hydrogen-bond donors (Lipinski definition) is 1. The molecule has 0 aromatic heterocycles. The van der Waals surface area contributed by atoms with Crippen molar-refractivity contribution in [3.63, 3.8) is 0 Å². The average molecular weight is 357 g/mol. The van der Waals surface area contributed by atoms with Crippen molar-refractivity contribution in [1.29, 1.82) is 0 Å². The third-order valence-corrected chi connectivity index (χ3v) is 3.48. The summed E-state index contributed by atoms with van der Waals surface area (Å²) in [5.41, 5.74) is 0. The summed E-state index contributed by atoms with van der Waals surface area (Å²) >= 11 is 0. The highest BCUT2D eigenvalue weighted by Crippen LogP contribution is 2.27. The molecule has 0 aromatic rings. The minimum atomic E-state index is -5.63. The molecule has 0 atom stereocenters. The standard InChI is InChI=1S/C10H17F5O3S.C2H7N/c11-9(12,13)7-5-3-1-2-4-6-8-10(14,15)19(16,17)18;1-3-2/h1-8H2,(H,16,17,18);3H,1-2H3. The van der Waals surface area contributed by atoms with Gasteiger partial charge in [-0.15, -0.1) is 0 Å². The molecule has 22 heavy (non-hydrogen) atoms. The van der Waals surface area contributed by atoms with Gasteiger partial charge in [0.1, 0.15) is 0 Å². The zero-order valence-electron chi connectivity index (χ0n) is 12.8. The van der Waals surface area contributed by atoms with Crippen LogP contribution in [0.1, 0.15) is 51.4 Å². The van der Waals surface area contributed by atoms with Crippen molar-refractivity contribution in [2.45, 2.75) is 62.8 Å². The predicted molar refractivity (Wildman–Crippen MR) is 71.4 cm³/mol. The molecule has 10 heteroatoms. The van der Waals surface area contributed by atoms with Crippen LogP contribution in [0.25, 0.3) is 0 Å². The van der Waals surface area contributed by atoms with E-state index in [2.05, 4.69) is 0 Å². The lowest BCUT2D eigenvalue weighted by atomic mass is 10.1. The highest BCUT2D eigenvalue weighted by molar-refractivity contribution is 7.86. The van der Waals surface area contributed by atoms with E-state index < -0.39 is 34.4 Å². The molecule has 0 radical (unpaired) electrons. The molecule has 136 valence electrons. The van der Waals surface area contributed by atoms with Crippen LogP contribution < -0.4 is 5.32 Å². The van der Waals surface area contributed by atoms with E-state index in [-0.39, 0.29) is 19.3 Å². The first-order valence-corrected chi connectivity index (χ1v) is 8.42. The van der Waals surface area contributed by atoms with Gasteiger partial charge in [0.2, 0.25) is 0 Å². The fraction of sp³-hybridized carbons (Fsp3) is 1.00. The molecule has 0 spiro atoms. The fourth-order valence-corrected chi connectivity index (χ4v) is 1.88. The highest BCUT2D eigenvalue weighted by atomic mass is 32.2. The van der Waals surface area contributed by atoms with Crippen LogP contribution >= 0.6 is 0 Å². The summed E-state index contributed by atoms with van der Waals surface area (Å²) in [5, 5.41) is -2.26. The molecule has 0 amide bonds. The number of alkyl halides is 5. The van der Waals surface area contributed by atoms with Gasteiger partial charge in [-0.25, -0.2) is 8.42 Å². The van der Waals surface area contributed by atoms with Crippen LogP contribution in [0.2, 0.25) is 0 Å². The Morgan fingerprint density at radius 3 is 1.45 bits per heavy atom. The summed E-state index contributed by atoms with van der Waals surface area (Å²) in [6.45, 7) is 0. The topological polar surface area (TPSA) is 73.8 Å². The van der Waals surface area contributed by atoms with Crippen LogP contribution in [-0.2, 0) is 10.1 Å². The summed E-state index contributed by atoms with van der Waals surface area (Å²) in [6.07, 6.45) is -4.72. The molecule has 0 aliphatic carbocycles. The van der Waals surface area contributed by atoms with Gasteiger partial charge in [0.15, 0.2) is 10.1 Å². The molecule has 0 saturated carbocycles. The molecule has 0 aliphatic heterocycles. The van der Waals surface area contributed by atoms with E-state index in [1.165, 1.54) is 0 Å². The van der Waals surface area contributed by atoms with Gasteiger partial charge in [0, 0.05) is 12.8 Å². The first-order chi connectivity index (χ1) is 9.87. The number of rotatable bonds is 9. The lowest BCUT2D eigenvalue weighted by Gasteiger charge is -2.19. The second kappa shape index (κ2) is 11.1. The maximum Gasteiger partial charge on any atom is 0.389 e. The molecule has 2 N–H and O–H groups in total. The van der Waals surface area contributed by atoms with Crippen molar-refractivity contribution in [3.8, 4) is 0 Å². The van der Waals surface area contributed by atoms with E-state index in [1.807, 2.05) is 19.4 Å². The normalized spacial score (nSPS) is 12.7. The van der Waals surface area contributed by atoms with Crippen LogP contribution in [0.3, 0.4) is 0 Å². The number of quaternary nitrogens is 1. The van der Waals surface area contributed by atoms with Crippen LogP contribution in [-0.4, -0.2) is 38.5 Å². The molecule has 0 rings (SSSR count). The second-order valence-electron chi connectivity index (χ2n) is 4.91. The zero-order valence-corrected chi connectivity index (χ0v) is 13.6. The van der Waals surface area contributed by atoms with Crippen molar-refractivity contribution in [2.24, 2.45) is 0 Å². The number of halogens is 5. The molecule has 4 nitrogen and oxygen atoms in total. The maximum atomic E-state index is 12.7. The van der Waals surface area contributed by atoms with Crippen molar-refractivity contribution >= 4 is 10.1 Å². The molecule has 0 unspecified atom stereocenters. The molecule has 0 heterocycles. The van der Waals surface area contributed by atoms with Crippen molar-refractivity contribution < 1.29 is 40.2 Å². The smallest absolute Gasteiger partial charge is 0.389 e. The van der Waals surface area contributed by atoms with E-state index in [0.717, 1.165) is 0 Å². The molecule has 0 aromatic carbocycles. The fourth-order valence-electron chi connectivity index (χ4n) is 1.49. The van der Waals surface area contributed by atoms with E-state index in [9.17, 15) is 34.9 Å². The molecule has 0 fully saturated rings. The van der Waals surface area contributed by atoms with Gasteiger partial charge in [0.05, 0.1) is 14.1 Å². The number of hydrogen-bond acceptors (Lipinski definition) is 3. The highest BCUT2D eigenvalue weighted by Gasteiger charge is 2.36. The van der Waals surface area contributed by atoms with Crippen molar-refractivity contribution in [3.05, 3.63) is 0 Å². The minimum absolute atomic E-state index is 0.00536. The van der Waals surface area contributed by atoms with Gasteiger partial charge >= 0.3 is 11.4 Å². The third-order valence-electron chi connectivity index (χ3n) is 2.54. The Morgan fingerprint density at radius 1 is 0.818 bits per heavy atom. The van der Waals surface area contributed by atoms with Gasteiger partial charge in [-0.3, -0.25) is 0 Å². The largest absolute Gasteiger partial charge is 0.743 e. The van der Waals surface area contributed by atoms with Gasteiger partial charge in [-0.2, -0.15) is 22.0 Å². The minimum Gasteiger partial charge on any atom is -0.743 e. The summed E-state index contributed by atoms with van der Waals surface area (Å²) in [4.78, 5) is 0. The molecule has 0 aliphatic rings. The summed E-state index contributed by atoms with van der Waals surface area (Å²) in [7, 11) is -1.63. The van der Waals surface area contributed by atoms with Gasteiger partial charge < -0.3 is 9.87 Å². The lowest BCUT2D eigenvalue weighted by molar-refractivity contribution is -0.597. The molecule has 0 saturated heterocycles. The Kier molecular flexibility index (Phi) is 12.0. The van der Waals surface area contributed by atoms with Crippen molar-refractivity contribution in [2.75, 3.05) is 14.1 Å². The van der Waals surface area contributed by atoms with Gasteiger partial charge in [0.25, 0.3) is 0 Å². The number of unbranched alkanes of at least 4 members (excludes halogenated alkanes) is 5. The summed E-state index contributed by atoms with van der Waals surface area (Å²) in [5.74, 6) is 0. The third kappa shape index (κ3) is 14.5. The average Bonchev–Trinajstić information content (AvgIpc) is 2.30. The first-order valence-electron chi connectivity index (χ1n) is 7.01. The van der Waals surface area contributed by atoms with E-state index in [1.54, 1.807) is 0 Å². The molecule has 0 bridgehead atoms. The SMILES string of the molecule is C[NH2+]C.O=S(=O)([O-])C(F)(F)CCCCCCCCC(F)(F)F. The van der Waals surface area contributed by atoms with Crippen LogP contribution in [0, 0.1) is 0 Å². The Labute approximate surface area is 128 Å². The van der Waals surface area contributed by atoms with E-state index in [0.29, 0.717) is 19.3 Å². The van der Waals surface area contributed by atoms with E-state index in [4.69, 9.17) is 0 Å². The summed E-state index contributed by atoms with van der Waals surface area (Å²) in [6, 6.07) is 0. The Morgan fingerprint density at radius 2 is 1.14 bits per heavy atom. The van der Waals surface area contributed by atoms with Crippen LogP contribution in [0.4, 0.5) is 22.0 Å². The monoisotopic (exact) mass is 357 g/mol. The van der Waals surface area contributed by atoms with E-state index >= 15 is 0 Å². The number of nitrogens with two attached hydrogens (primary N) is 1. The maximum absolute atomic E-state index is 12.7. The first kappa shape index (κ1) is 23.8.